The van der Waals surface area contributed by atoms with Gasteiger partial charge < -0.3 is 5.73 Å². The molecule has 3 heteroatoms. The van der Waals surface area contributed by atoms with E-state index in [1.807, 2.05) is 0 Å². The fourth-order valence-corrected chi connectivity index (χ4v) is 3.08. The Labute approximate surface area is 83.3 Å². The molecule has 1 aliphatic rings. The van der Waals surface area contributed by atoms with Gasteiger partial charge in [0, 0.05) is 16.3 Å². The lowest BCUT2D eigenvalue weighted by Crippen LogP contribution is -2.21. The molecule has 1 aromatic heterocycles. The molecule has 1 fully saturated rings. The molecular formula is C10H16N2S. The third-order valence-corrected chi connectivity index (χ3v) is 4.19. The number of rotatable bonds is 1. The molecule has 2 nitrogen and oxygen atoms in total. The molecule has 72 valence electrons. The molecule has 1 saturated carbocycles. The van der Waals surface area contributed by atoms with Crippen molar-refractivity contribution in [2.75, 3.05) is 0 Å². The van der Waals surface area contributed by atoms with Gasteiger partial charge in [-0.1, -0.05) is 6.92 Å². The van der Waals surface area contributed by atoms with E-state index < -0.39 is 0 Å². The maximum Gasteiger partial charge on any atom is 0.0514 e. The van der Waals surface area contributed by atoms with Crippen LogP contribution in [-0.2, 0) is 5.41 Å². The first-order valence-electron chi connectivity index (χ1n) is 4.79. The van der Waals surface area contributed by atoms with Gasteiger partial charge in [-0.3, -0.25) is 0 Å². The first-order chi connectivity index (χ1) is 6.10. The molecule has 1 aliphatic carbocycles. The lowest BCUT2D eigenvalue weighted by Gasteiger charge is -2.21. The second kappa shape index (κ2) is 3.07. The van der Waals surface area contributed by atoms with Crippen LogP contribution in [-0.4, -0.2) is 10.4 Å². The van der Waals surface area contributed by atoms with Crippen LogP contribution in [0.5, 0.6) is 0 Å². The predicted molar refractivity (Wildman–Crippen MR) is 56.0 cm³/mol. The van der Waals surface area contributed by atoms with E-state index in [-0.39, 0.29) is 0 Å². The highest BCUT2D eigenvalue weighted by molar-refractivity contribution is 7.06. The molecule has 0 amide bonds. The summed E-state index contributed by atoms with van der Waals surface area (Å²) in [6.45, 7) is 4.37. The Balaban J connectivity index is 2.25. The Morgan fingerprint density at radius 2 is 2.46 bits per heavy atom. The largest absolute Gasteiger partial charge is 0.328 e. The molecule has 0 radical (unpaired) electrons. The third-order valence-electron chi connectivity index (χ3n) is 3.00. The summed E-state index contributed by atoms with van der Waals surface area (Å²) in [5.41, 5.74) is 7.39. The molecular weight excluding hydrogens is 180 g/mol. The van der Waals surface area contributed by atoms with Gasteiger partial charge in [-0.25, -0.2) is 0 Å². The molecule has 1 aromatic rings. The summed E-state index contributed by atoms with van der Waals surface area (Å²) in [5, 5.41) is 0. The van der Waals surface area contributed by atoms with Crippen LogP contribution in [0.15, 0.2) is 6.07 Å². The van der Waals surface area contributed by atoms with E-state index in [4.69, 9.17) is 5.73 Å². The minimum Gasteiger partial charge on any atom is -0.328 e. The fourth-order valence-electron chi connectivity index (χ4n) is 2.16. The minimum atomic E-state index is 0.311. The molecule has 1 heterocycles. The summed E-state index contributed by atoms with van der Waals surface area (Å²) < 4.78 is 4.33. The molecule has 0 spiro atoms. The Morgan fingerprint density at radius 1 is 1.69 bits per heavy atom. The minimum absolute atomic E-state index is 0.311. The van der Waals surface area contributed by atoms with Gasteiger partial charge >= 0.3 is 0 Å². The topological polar surface area (TPSA) is 38.9 Å². The van der Waals surface area contributed by atoms with Gasteiger partial charge in [0.15, 0.2) is 0 Å². The van der Waals surface area contributed by atoms with E-state index in [0.717, 1.165) is 18.5 Å². The van der Waals surface area contributed by atoms with Crippen molar-refractivity contribution in [1.82, 2.24) is 4.37 Å². The van der Waals surface area contributed by atoms with Crippen molar-refractivity contribution in [2.24, 2.45) is 5.73 Å². The average molecular weight is 196 g/mol. The molecule has 0 bridgehead atoms. The van der Waals surface area contributed by atoms with Crippen LogP contribution in [0.1, 0.15) is 36.8 Å². The number of aromatic nitrogens is 1. The number of hydrogen-bond donors (Lipinski definition) is 1. The molecule has 2 rings (SSSR count). The molecule has 2 atom stereocenters. The van der Waals surface area contributed by atoms with Gasteiger partial charge in [0.05, 0.1) is 5.69 Å². The average Bonchev–Trinajstić information content (AvgIpc) is 2.60. The molecule has 0 aliphatic heterocycles. The van der Waals surface area contributed by atoms with Gasteiger partial charge in [0.25, 0.3) is 0 Å². The maximum atomic E-state index is 5.94. The highest BCUT2D eigenvalue weighted by Gasteiger charge is 2.36. The first-order valence-corrected chi connectivity index (χ1v) is 5.57. The van der Waals surface area contributed by atoms with E-state index in [2.05, 4.69) is 24.3 Å². The Kier molecular flexibility index (Phi) is 2.16. The summed E-state index contributed by atoms with van der Waals surface area (Å²) >= 11 is 1.64. The van der Waals surface area contributed by atoms with Crippen molar-refractivity contribution >= 4 is 11.5 Å². The van der Waals surface area contributed by atoms with Gasteiger partial charge in [-0.05, 0) is 43.8 Å². The van der Waals surface area contributed by atoms with Gasteiger partial charge in [-0.2, -0.15) is 4.37 Å². The second-order valence-electron chi connectivity index (χ2n) is 4.40. The maximum absolute atomic E-state index is 5.94. The van der Waals surface area contributed by atoms with Crippen molar-refractivity contribution in [3.8, 4) is 0 Å². The number of nitrogens with zero attached hydrogens (tertiary/aromatic N) is 1. The Bertz CT molecular complexity index is 308. The molecule has 13 heavy (non-hydrogen) atoms. The Hall–Kier alpha value is -0.410. The van der Waals surface area contributed by atoms with Crippen LogP contribution in [0.25, 0.3) is 0 Å². The number of aryl methyl sites for hydroxylation is 1. The normalized spacial score (nSPS) is 33.9. The highest BCUT2D eigenvalue weighted by atomic mass is 32.1. The number of hydrogen-bond acceptors (Lipinski definition) is 3. The number of nitrogens with two attached hydrogens (primary N) is 1. The van der Waals surface area contributed by atoms with E-state index in [9.17, 15) is 0 Å². The SMILES string of the molecule is Cc1cc(C2(C)CCC(N)C2)sn1. The van der Waals surface area contributed by atoms with Gasteiger partial charge in [0.1, 0.15) is 0 Å². The van der Waals surface area contributed by atoms with Crippen LogP contribution in [0, 0.1) is 6.92 Å². The quantitative estimate of drug-likeness (QED) is 0.748. The second-order valence-corrected chi connectivity index (χ2v) is 5.20. The summed E-state index contributed by atoms with van der Waals surface area (Å²) in [5.74, 6) is 0. The van der Waals surface area contributed by atoms with Crippen molar-refractivity contribution in [3.05, 3.63) is 16.6 Å². The standard InChI is InChI=1S/C10H16N2S/c1-7-5-9(13-12-7)10(2)4-3-8(11)6-10/h5,8H,3-4,6,11H2,1-2H3. The van der Waals surface area contributed by atoms with Crippen molar-refractivity contribution in [2.45, 2.75) is 44.6 Å². The van der Waals surface area contributed by atoms with E-state index in [0.29, 0.717) is 11.5 Å². The monoisotopic (exact) mass is 196 g/mol. The molecule has 0 saturated heterocycles. The van der Waals surface area contributed by atoms with E-state index in [1.54, 1.807) is 11.5 Å². The smallest absolute Gasteiger partial charge is 0.0514 e. The van der Waals surface area contributed by atoms with E-state index in [1.165, 1.54) is 11.3 Å². The van der Waals surface area contributed by atoms with E-state index >= 15 is 0 Å². The summed E-state index contributed by atoms with van der Waals surface area (Å²) in [4.78, 5) is 1.41. The molecule has 2 N–H and O–H groups in total. The Morgan fingerprint density at radius 3 is 2.92 bits per heavy atom. The third kappa shape index (κ3) is 1.63. The van der Waals surface area contributed by atoms with Gasteiger partial charge in [0.2, 0.25) is 0 Å². The van der Waals surface area contributed by atoms with Crippen molar-refractivity contribution in [1.29, 1.82) is 0 Å². The zero-order chi connectivity index (χ0) is 9.47. The summed E-state index contributed by atoms with van der Waals surface area (Å²) in [6.07, 6.45) is 3.50. The lowest BCUT2D eigenvalue weighted by molar-refractivity contribution is 0.492. The zero-order valence-corrected chi connectivity index (χ0v) is 9.03. The fraction of sp³-hybridized carbons (Fsp3) is 0.700. The lowest BCUT2D eigenvalue weighted by atomic mass is 9.87. The van der Waals surface area contributed by atoms with Crippen LogP contribution >= 0.6 is 11.5 Å². The first kappa shape index (κ1) is 9.16. The van der Waals surface area contributed by atoms with Crippen LogP contribution < -0.4 is 5.73 Å². The zero-order valence-electron chi connectivity index (χ0n) is 8.21. The van der Waals surface area contributed by atoms with Crippen LogP contribution in [0.2, 0.25) is 0 Å². The highest BCUT2D eigenvalue weighted by Crippen LogP contribution is 2.41. The predicted octanol–water partition coefficient (Wildman–Crippen LogP) is 2.22. The van der Waals surface area contributed by atoms with Crippen LogP contribution in [0.3, 0.4) is 0 Å². The van der Waals surface area contributed by atoms with Crippen LogP contribution in [0.4, 0.5) is 0 Å². The molecule has 2 unspecified atom stereocenters. The van der Waals surface area contributed by atoms with Crippen molar-refractivity contribution < 1.29 is 0 Å². The van der Waals surface area contributed by atoms with Crippen molar-refractivity contribution in [3.63, 3.8) is 0 Å². The summed E-state index contributed by atoms with van der Waals surface area (Å²) in [7, 11) is 0. The molecule has 0 aromatic carbocycles. The summed E-state index contributed by atoms with van der Waals surface area (Å²) in [6, 6.07) is 2.61. The van der Waals surface area contributed by atoms with Gasteiger partial charge in [-0.15, -0.1) is 0 Å².